The molecule has 8 aliphatic rings. The maximum atomic E-state index is 15.1. The molecule has 0 spiro atoms. The maximum absolute atomic E-state index is 15.1. The molecule has 0 unspecified atom stereocenters. The highest BCUT2D eigenvalue weighted by Crippen LogP contribution is 2.76. The quantitative estimate of drug-likeness (QED) is 0.0797. The number of aliphatic hydroxyl groups is 10. The minimum Gasteiger partial charge on any atom is -0.478 e. The summed E-state index contributed by atoms with van der Waals surface area (Å²) in [5.41, 5.74) is -1.41. The van der Waals surface area contributed by atoms with Crippen molar-refractivity contribution in [3.8, 4) is 0 Å². The Bertz CT molecular complexity index is 2380. The topological polar surface area (TPSA) is 341 Å². The van der Waals surface area contributed by atoms with E-state index in [0.717, 1.165) is 32.1 Å². The summed E-state index contributed by atoms with van der Waals surface area (Å²) in [4.78, 5) is 40.0. The van der Waals surface area contributed by atoms with Gasteiger partial charge in [0.25, 0.3) is 5.91 Å². The molecule has 0 bridgehead atoms. The van der Waals surface area contributed by atoms with Crippen molar-refractivity contribution in [3.63, 3.8) is 0 Å². The molecule has 23 atom stereocenters. The Hall–Kier alpha value is -3.23. The first kappa shape index (κ1) is 58.4. The summed E-state index contributed by atoms with van der Waals surface area (Å²) in [6.45, 7) is 14.4. The number of carboxylic acids is 1. The van der Waals surface area contributed by atoms with Crippen LogP contribution in [0.5, 0.6) is 0 Å². The number of allylic oxidation sites excluding steroid dienone is 2. The first-order valence-corrected chi connectivity index (χ1v) is 27.6. The van der Waals surface area contributed by atoms with Crippen molar-refractivity contribution in [1.82, 2.24) is 5.32 Å². The largest absolute Gasteiger partial charge is 0.478 e. The Labute approximate surface area is 448 Å². The molecular weight excluding hydrogens is 1010 g/mol. The van der Waals surface area contributed by atoms with Gasteiger partial charge in [0.05, 0.1) is 35.9 Å². The van der Waals surface area contributed by atoms with Gasteiger partial charge in [-0.2, -0.15) is 0 Å². The summed E-state index contributed by atoms with van der Waals surface area (Å²) in [6.07, 6.45) is -14.7. The number of ether oxygens (including phenoxy) is 6. The van der Waals surface area contributed by atoms with Crippen LogP contribution in [0.15, 0.2) is 35.9 Å². The summed E-state index contributed by atoms with van der Waals surface area (Å²) >= 11 is 0. The number of hydrogen-bond acceptors (Lipinski definition) is 19. The van der Waals surface area contributed by atoms with Gasteiger partial charge in [-0.3, -0.25) is 9.59 Å². The van der Waals surface area contributed by atoms with Gasteiger partial charge >= 0.3 is 11.9 Å². The van der Waals surface area contributed by atoms with Crippen LogP contribution in [0.25, 0.3) is 0 Å². The fraction of sp³-hybridized carbons (Fsp3) is 0.804. The lowest BCUT2D eigenvalue weighted by molar-refractivity contribution is -0.345. The Kier molecular flexibility index (Phi) is 16.1. The van der Waals surface area contributed by atoms with E-state index in [-0.39, 0.29) is 50.5 Å². The van der Waals surface area contributed by atoms with Gasteiger partial charge in [-0.15, -0.1) is 0 Å². The molecule has 3 saturated heterocycles. The number of hydrogen-bond donors (Lipinski definition) is 12. The van der Waals surface area contributed by atoms with Crippen molar-refractivity contribution in [2.45, 2.75) is 211 Å². The van der Waals surface area contributed by atoms with E-state index in [2.05, 4.69) is 59.9 Å². The van der Waals surface area contributed by atoms with E-state index in [0.29, 0.717) is 32.1 Å². The van der Waals surface area contributed by atoms with E-state index >= 15 is 4.79 Å². The zero-order chi connectivity index (χ0) is 56.1. The average Bonchev–Trinajstić information content (AvgIpc) is 3.53. The molecular formula is C56H83NO20. The highest BCUT2D eigenvalue weighted by Gasteiger charge is 2.70. The third-order valence-corrected chi connectivity index (χ3v) is 21.0. The molecule has 1 aromatic carbocycles. The minimum absolute atomic E-state index is 0.123. The molecule has 7 fully saturated rings. The average molecular weight is 1090 g/mol. The Morgan fingerprint density at radius 2 is 1.23 bits per heavy atom. The summed E-state index contributed by atoms with van der Waals surface area (Å²) in [5.74, 6) is -2.47. The molecule has 1 amide bonds. The summed E-state index contributed by atoms with van der Waals surface area (Å²) in [5, 5.41) is 119. The lowest BCUT2D eigenvalue weighted by Crippen LogP contribution is -2.66. The van der Waals surface area contributed by atoms with Gasteiger partial charge in [0, 0.05) is 6.54 Å². The predicted molar refractivity (Wildman–Crippen MR) is 269 cm³/mol. The lowest BCUT2D eigenvalue weighted by atomic mass is 9.33. The van der Waals surface area contributed by atoms with Gasteiger partial charge in [-0.1, -0.05) is 72.2 Å². The molecule has 5 aliphatic carbocycles. The summed E-state index contributed by atoms with van der Waals surface area (Å²) in [7, 11) is 0. The number of rotatable bonds is 12. The summed E-state index contributed by atoms with van der Waals surface area (Å²) in [6, 6.07) is 5.61. The highest BCUT2D eigenvalue weighted by molar-refractivity contribution is 6.04. The van der Waals surface area contributed by atoms with Gasteiger partial charge in [0.2, 0.25) is 6.29 Å². The monoisotopic (exact) mass is 1090 g/mol. The minimum atomic E-state index is -1.81. The number of carboxylic acid groups (broad SMARTS) is 1. The zero-order valence-electron chi connectivity index (χ0n) is 45.1. The van der Waals surface area contributed by atoms with Crippen molar-refractivity contribution >= 4 is 17.8 Å². The molecule has 21 heteroatoms. The van der Waals surface area contributed by atoms with Crippen LogP contribution in [-0.4, -0.2) is 192 Å². The van der Waals surface area contributed by atoms with E-state index in [4.69, 9.17) is 28.4 Å². The molecule has 77 heavy (non-hydrogen) atoms. The highest BCUT2D eigenvalue weighted by atomic mass is 16.7. The Balaban J connectivity index is 0.901. The van der Waals surface area contributed by atoms with Crippen LogP contribution >= 0.6 is 0 Å². The molecule has 3 aliphatic heterocycles. The van der Waals surface area contributed by atoms with Gasteiger partial charge in [0.15, 0.2) is 12.6 Å². The third kappa shape index (κ3) is 9.81. The van der Waals surface area contributed by atoms with Gasteiger partial charge in [-0.05, 0) is 121 Å². The van der Waals surface area contributed by atoms with E-state index in [1.54, 1.807) is 0 Å². The van der Waals surface area contributed by atoms with Crippen LogP contribution in [0.3, 0.4) is 0 Å². The summed E-state index contributed by atoms with van der Waals surface area (Å²) < 4.78 is 36.0. The molecule has 0 radical (unpaired) electrons. The lowest BCUT2D eigenvalue weighted by Gasteiger charge is -2.71. The van der Waals surface area contributed by atoms with Crippen molar-refractivity contribution in [1.29, 1.82) is 0 Å². The number of fused-ring (bicyclic) bond motifs is 7. The number of nitrogens with one attached hydrogen (secondary N) is 1. The van der Waals surface area contributed by atoms with Gasteiger partial charge in [0.1, 0.15) is 73.2 Å². The van der Waals surface area contributed by atoms with Crippen LogP contribution in [0.4, 0.5) is 0 Å². The van der Waals surface area contributed by atoms with Crippen molar-refractivity contribution in [2.75, 3.05) is 19.8 Å². The molecule has 9 rings (SSSR count). The third-order valence-electron chi connectivity index (χ3n) is 21.0. The van der Waals surface area contributed by atoms with E-state index in [9.17, 15) is 65.8 Å². The van der Waals surface area contributed by atoms with E-state index in [1.807, 2.05) is 0 Å². The number of aromatic carboxylic acids is 1. The maximum Gasteiger partial charge on any atom is 0.336 e. The number of carbonyl (C=O) groups excluding carboxylic acids is 2. The van der Waals surface area contributed by atoms with Crippen molar-refractivity contribution in [3.05, 3.63) is 47.0 Å². The number of esters is 1. The number of aliphatic hydroxyl groups excluding tert-OH is 10. The molecule has 3 heterocycles. The van der Waals surface area contributed by atoms with Crippen LogP contribution in [0.1, 0.15) is 133 Å². The second-order valence-corrected chi connectivity index (χ2v) is 25.9. The molecule has 432 valence electrons. The smallest absolute Gasteiger partial charge is 0.336 e. The number of amides is 1. The SMILES string of the molecule is CC1(C)CC[C@]2(C(=O)O[C@@H]3O[C@H](CNC(=O)c4ccccc4C(=O)O)[C@@H](O)[C@H](O)[C@H]3O)CC[C@]3(C)C(=CC[C@@H]4[C@@]5(C)CC[C@H](O[C@@H]6O[C@H](CO[C@@H]7O[C@H](CO)[C@@H](O)[C@H](O)[C@H]7O)[C@@H](O)[C@H](O)[C@H]6O)C(C)(C)[C@@H]5CC[C@]43C)[C@@H]2C1. The van der Waals surface area contributed by atoms with Gasteiger partial charge in [-0.25, -0.2) is 4.79 Å². The molecule has 12 N–H and O–H groups in total. The zero-order valence-corrected chi connectivity index (χ0v) is 45.1. The molecule has 0 aromatic heterocycles. The number of carbonyl (C=O) groups is 3. The Morgan fingerprint density at radius 3 is 1.90 bits per heavy atom. The molecule has 4 saturated carbocycles. The fourth-order valence-corrected chi connectivity index (χ4v) is 16.1. The van der Waals surface area contributed by atoms with Crippen LogP contribution < -0.4 is 5.32 Å². The van der Waals surface area contributed by atoms with E-state index in [1.165, 1.54) is 29.8 Å². The first-order valence-electron chi connectivity index (χ1n) is 27.6. The van der Waals surface area contributed by atoms with Crippen LogP contribution in [0.2, 0.25) is 0 Å². The molecule has 21 nitrogen and oxygen atoms in total. The van der Waals surface area contributed by atoms with Crippen LogP contribution in [0, 0.1) is 50.2 Å². The van der Waals surface area contributed by atoms with Crippen LogP contribution in [-0.2, 0) is 33.2 Å². The first-order chi connectivity index (χ1) is 36.1. The van der Waals surface area contributed by atoms with Gasteiger partial charge < -0.3 is 89.9 Å². The fourth-order valence-electron chi connectivity index (χ4n) is 16.1. The van der Waals surface area contributed by atoms with Crippen molar-refractivity contribution in [2.24, 2.45) is 50.2 Å². The second kappa shape index (κ2) is 21.3. The second-order valence-electron chi connectivity index (χ2n) is 25.9. The Morgan fingerprint density at radius 1 is 0.649 bits per heavy atom. The van der Waals surface area contributed by atoms with Crippen molar-refractivity contribution < 1.29 is 99.0 Å². The van der Waals surface area contributed by atoms with E-state index < -0.39 is 147 Å². The molecule has 1 aromatic rings. The standard InChI is InChI=1S/C56H83NO20/c1-51(2)18-20-56(50(71)77-49-44(67)39(62)36(59)30(73-49)23-57-45(68)26-10-8-9-11-27(26)46(69)70)21-19-54(6)28(29(56)22-51)12-13-34-53(5)16-15-35(52(3,4)33(53)14-17-55(34,54)7)76-48-43(66)41(64)38(61)32(75-48)25-72-47-42(65)40(63)37(60)31(24-58)74-47/h8-12,29-44,47-49,58-67H,13-25H2,1-7H3,(H,57,68)(H,69,70)/t29-,30+,31+,32+,33-,34+,35-,36+,37+,38+,39-,40-,41-,42+,43+,44+,47+,48-,49-,53-,54+,55+,56-/m0/s1. The normalized spacial score (nSPS) is 47.2. The predicted octanol–water partition coefficient (Wildman–Crippen LogP) is 1.28. The number of benzene rings is 1.